The molecule has 0 N–H and O–H groups in total. The average molecular weight is 189 g/mol. The summed E-state index contributed by atoms with van der Waals surface area (Å²) in [5, 5.41) is 0. The van der Waals surface area contributed by atoms with Gasteiger partial charge in [0, 0.05) is 13.2 Å². The normalized spacial score (nSPS) is 18.4. The molecule has 0 amide bonds. The van der Waals surface area contributed by atoms with Gasteiger partial charge in [0.05, 0.1) is 12.0 Å². The van der Waals surface area contributed by atoms with Gasteiger partial charge in [-0.3, -0.25) is 0 Å². The zero-order valence-corrected chi connectivity index (χ0v) is 7.77. The Balaban J connectivity index is 2.05. The highest BCUT2D eigenvalue weighted by atomic mass is 35.5. The Bertz CT molecular complexity index is 165. The van der Waals surface area contributed by atoms with E-state index < -0.39 is 0 Å². The highest BCUT2D eigenvalue weighted by Crippen LogP contribution is 2.09. The molecule has 2 nitrogen and oxygen atoms in total. The lowest BCUT2D eigenvalue weighted by molar-refractivity contribution is -0.0206. The van der Waals surface area contributed by atoms with Crippen molar-refractivity contribution in [3.63, 3.8) is 0 Å². The molecule has 1 rings (SSSR count). The van der Waals surface area contributed by atoms with Gasteiger partial charge in [-0.2, -0.15) is 0 Å². The first-order valence-electron chi connectivity index (χ1n) is 4.14. The Hall–Kier alpha value is -0.230. The molecule has 1 heterocycles. The number of hydrogen-bond donors (Lipinski definition) is 0. The topological polar surface area (TPSA) is 18.5 Å². The van der Waals surface area contributed by atoms with Gasteiger partial charge >= 0.3 is 0 Å². The molecule has 1 fully saturated rings. The van der Waals surface area contributed by atoms with E-state index in [0.29, 0.717) is 18.6 Å². The molecule has 1 aliphatic rings. The molecule has 68 valence electrons. The minimum Gasteiger partial charge on any atom is -0.381 e. The summed E-state index contributed by atoms with van der Waals surface area (Å²) >= 11 is 5.37. The SMILES string of the molecule is ClCC#CCOC1CCOCC1. The van der Waals surface area contributed by atoms with Crippen LogP contribution in [0.4, 0.5) is 0 Å². The second-order valence-corrected chi connectivity index (χ2v) is 2.88. The van der Waals surface area contributed by atoms with Crippen LogP contribution < -0.4 is 0 Å². The first kappa shape index (κ1) is 9.85. The van der Waals surface area contributed by atoms with Crippen LogP contribution in [0.5, 0.6) is 0 Å². The molecule has 0 aliphatic carbocycles. The molecule has 1 aliphatic heterocycles. The van der Waals surface area contributed by atoms with E-state index >= 15 is 0 Å². The van der Waals surface area contributed by atoms with Crippen LogP contribution in [0.2, 0.25) is 0 Å². The monoisotopic (exact) mass is 188 g/mol. The van der Waals surface area contributed by atoms with Gasteiger partial charge in [-0.15, -0.1) is 11.6 Å². The number of ether oxygens (including phenoxy) is 2. The second-order valence-electron chi connectivity index (χ2n) is 2.61. The van der Waals surface area contributed by atoms with Gasteiger partial charge in [-0.25, -0.2) is 0 Å². The summed E-state index contributed by atoms with van der Waals surface area (Å²) in [6.07, 6.45) is 2.31. The van der Waals surface area contributed by atoms with E-state index in [-0.39, 0.29) is 0 Å². The summed E-state index contributed by atoms with van der Waals surface area (Å²) in [6, 6.07) is 0. The van der Waals surface area contributed by atoms with E-state index in [2.05, 4.69) is 11.8 Å². The van der Waals surface area contributed by atoms with E-state index in [1.54, 1.807) is 0 Å². The summed E-state index contributed by atoms with van der Waals surface area (Å²) in [7, 11) is 0. The zero-order valence-electron chi connectivity index (χ0n) is 7.01. The highest BCUT2D eigenvalue weighted by molar-refractivity contribution is 6.19. The van der Waals surface area contributed by atoms with Gasteiger partial charge < -0.3 is 9.47 Å². The molecule has 0 unspecified atom stereocenters. The van der Waals surface area contributed by atoms with Crippen molar-refractivity contribution < 1.29 is 9.47 Å². The minimum absolute atomic E-state index is 0.336. The van der Waals surface area contributed by atoms with Gasteiger partial charge in [0.2, 0.25) is 0 Å². The Morgan fingerprint density at radius 1 is 1.33 bits per heavy atom. The molecule has 0 bridgehead atoms. The molecule has 12 heavy (non-hydrogen) atoms. The molecule has 0 aromatic heterocycles. The molecule has 0 radical (unpaired) electrons. The van der Waals surface area contributed by atoms with E-state index in [9.17, 15) is 0 Å². The fourth-order valence-electron chi connectivity index (χ4n) is 1.10. The molecule has 0 atom stereocenters. The van der Waals surface area contributed by atoms with Gasteiger partial charge in [-0.1, -0.05) is 11.8 Å². The van der Waals surface area contributed by atoms with Crippen molar-refractivity contribution in [1.82, 2.24) is 0 Å². The number of hydrogen-bond acceptors (Lipinski definition) is 2. The van der Waals surface area contributed by atoms with Crippen molar-refractivity contribution in [3.8, 4) is 11.8 Å². The summed E-state index contributed by atoms with van der Waals surface area (Å²) in [6.45, 7) is 2.12. The van der Waals surface area contributed by atoms with Gasteiger partial charge in [0.1, 0.15) is 6.61 Å². The van der Waals surface area contributed by atoms with Crippen LogP contribution in [0.15, 0.2) is 0 Å². The lowest BCUT2D eigenvalue weighted by atomic mass is 10.2. The Morgan fingerprint density at radius 2 is 2.08 bits per heavy atom. The standard InChI is InChI=1S/C9H13ClO2/c10-5-1-2-6-12-9-3-7-11-8-4-9/h9H,3-8H2. The largest absolute Gasteiger partial charge is 0.381 e. The maximum absolute atomic E-state index is 5.47. The quantitative estimate of drug-likeness (QED) is 0.482. The predicted octanol–water partition coefficient (Wildman–Crippen LogP) is 1.42. The Kier molecular flexibility index (Phi) is 5.18. The smallest absolute Gasteiger partial charge is 0.108 e. The van der Waals surface area contributed by atoms with Crippen molar-refractivity contribution >= 4 is 11.6 Å². The van der Waals surface area contributed by atoms with Crippen LogP contribution >= 0.6 is 11.6 Å². The van der Waals surface area contributed by atoms with Crippen LogP contribution in [0.1, 0.15) is 12.8 Å². The van der Waals surface area contributed by atoms with Crippen molar-refractivity contribution in [3.05, 3.63) is 0 Å². The highest BCUT2D eigenvalue weighted by Gasteiger charge is 2.12. The van der Waals surface area contributed by atoms with E-state index in [1.807, 2.05) is 0 Å². The van der Waals surface area contributed by atoms with E-state index in [0.717, 1.165) is 26.1 Å². The zero-order chi connectivity index (χ0) is 8.65. The van der Waals surface area contributed by atoms with Crippen molar-refractivity contribution in [2.24, 2.45) is 0 Å². The molecular weight excluding hydrogens is 176 g/mol. The Morgan fingerprint density at radius 3 is 2.75 bits per heavy atom. The summed E-state index contributed by atoms with van der Waals surface area (Å²) < 4.78 is 10.7. The van der Waals surface area contributed by atoms with Crippen LogP contribution in [-0.4, -0.2) is 31.8 Å². The minimum atomic E-state index is 0.336. The van der Waals surface area contributed by atoms with Crippen molar-refractivity contribution in [2.45, 2.75) is 18.9 Å². The fraction of sp³-hybridized carbons (Fsp3) is 0.778. The third-order valence-corrected chi connectivity index (χ3v) is 1.88. The van der Waals surface area contributed by atoms with Crippen LogP contribution in [-0.2, 0) is 9.47 Å². The van der Waals surface area contributed by atoms with Gasteiger partial charge in [-0.05, 0) is 12.8 Å². The second kappa shape index (κ2) is 6.30. The van der Waals surface area contributed by atoms with Crippen LogP contribution in [0, 0.1) is 11.8 Å². The first-order chi connectivity index (χ1) is 5.93. The Labute approximate surface area is 78.2 Å². The van der Waals surface area contributed by atoms with E-state index in [1.165, 1.54) is 0 Å². The lowest BCUT2D eigenvalue weighted by Gasteiger charge is -2.21. The van der Waals surface area contributed by atoms with Crippen molar-refractivity contribution in [1.29, 1.82) is 0 Å². The van der Waals surface area contributed by atoms with Crippen LogP contribution in [0.3, 0.4) is 0 Å². The van der Waals surface area contributed by atoms with Crippen molar-refractivity contribution in [2.75, 3.05) is 25.7 Å². The fourth-order valence-corrected chi connectivity index (χ4v) is 1.19. The predicted molar refractivity (Wildman–Crippen MR) is 48.3 cm³/mol. The molecule has 0 spiro atoms. The third kappa shape index (κ3) is 3.96. The third-order valence-electron chi connectivity index (χ3n) is 1.75. The summed E-state index contributed by atoms with van der Waals surface area (Å²) in [5.74, 6) is 5.97. The van der Waals surface area contributed by atoms with Gasteiger partial charge in [0.15, 0.2) is 0 Å². The molecule has 0 aromatic carbocycles. The molecule has 0 saturated carbocycles. The molecule has 3 heteroatoms. The molecule has 1 saturated heterocycles. The molecular formula is C9H13ClO2. The maximum atomic E-state index is 5.47. The maximum Gasteiger partial charge on any atom is 0.108 e. The van der Waals surface area contributed by atoms with E-state index in [4.69, 9.17) is 21.1 Å². The summed E-state index contributed by atoms with van der Waals surface area (Å²) in [4.78, 5) is 0. The number of rotatable bonds is 2. The number of alkyl halides is 1. The number of halogens is 1. The van der Waals surface area contributed by atoms with Crippen LogP contribution in [0.25, 0.3) is 0 Å². The summed E-state index contributed by atoms with van der Waals surface area (Å²) in [5.41, 5.74) is 0. The first-order valence-corrected chi connectivity index (χ1v) is 4.68. The van der Waals surface area contributed by atoms with Gasteiger partial charge in [0.25, 0.3) is 0 Å². The average Bonchev–Trinajstić information content (AvgIpc) is 2.14. The lowest BCUT2D eigenvalue weighted by Crippen LogP contribution is -2.23. The molecule has 0 aromatic rings.